The van der Waals surface area contributed by atoms with Gasteiger partial charge in [0, 0.05) is 16.8 Å². The van der Waals surface area contributed by atoms with Gasteiger partial charge in [-0.3, -0.25) is 0 Å². The van der Waals surface area contributed by atoms with Crippen LogP contribution in [0.3, 0.4) is 0 Å². The Labute approximate surface area is 214 Å². The summed E-state index contributed by atoms with van der Waals surface area (Å²) in [6.07, 6.45) is 4.41. The smallest absolute Gasteiger partial charge is 0.224 e. The van der Waals surface area contributed by atoms with Crippen LogP contribution in [0.4, 0.5) is 0 Å². The van der Waals surface area contributed by atoms with Crippen LogP contribution in [0.15, 0.2) is 48.7 Å². The standard InChI is InChI=1S/C34H39N2/c1-20-16-26-25-17-22(18-33(3,4)5)10-12-27(25)36-28-13-11-23(19-34(6,7)8)24-14-15-35(9)32(30(24)28)29(21(20)2)31(26)36/h10-17H,18-19H2,1-9H3/q+1. The first-order valence-corrected chi connectivity index (χ1v) is 13.4. The maximum absolute atomic E-state index is 2.56. The van der Waals surface area contributed by atoms with Crippen LogP contribution in [0.25, 0.3) is 49.0 Å². The second kappa shape index (κ2) is 7.44. The predicted octanol–water partition coefficient (Wildman–Crippen LogP) is 8.61. The second-order valence-electron chi connectivity index (χ2n) is 13.6. The molecule has 0 N–H and O–H groups in total. The molecule has 3 aromatic heterocycles. The first-order chi connectivity index (χ1) is 16.8. The van der Waals surface area contributed by atoms with Gasteiger partial charge in [0.05, 0.1) is 27.3 Å². The average Bonchev–Trinajstić information content (AvgIpc) is 3.07. The number of aryl methyl sites for hydroxylation is 3. The molecule has 0 saturated carbocycles. The molecule has 0 spiro atoms. The number of aromatic nitrogens is 2. The lowest BCUT2D eigenvalue weighted by atomic mass is 9.85. The molecule has 184 valence electrons. The minimum absolute atomic E-state index is 0.234. The van der Waals surface area contributed by atoms with Crippen molar-refractivity contribution in [2.24, 2.45) is 17.9 Å². The summed E-state index contributed by atoms with van der Waals surface area (Å²) in [6.45, 7) is 18.6. The molecule has 3 heterocycles. The van der Waals surface area contributed by atoms with Crippen LogP contribution in [0, 0.1) is 24.7 Å². The Kier molecular flexibility index (Phi) is 4.81. The number of pyridine rings is 2. The van der Waals surface area contributed by atoms with E-state index < -0.39 is 0 Å². The lowest BCUT2D eigenvalue weighted by Gasteiger charge is -2.21. The van der Waals surface area contributed by atoms with Crippen molar-refractivity contribution in [1.29, 1.82) is 0 Å². The van der Waals surface area contributed by atoms with E-state index in [2.05, 4.69) is 120 Å². The fourth-order valence-electron chi connectivity index (χ4n) is 6.46. The topological polar surface area (TPSA) is 8.29 Å². The number of fused-ring (bicyclic) bond motifs is 5. The fourth-order valence-corrected chi connectivity index (χ4v) is 6.46. The molecule has 0 atom stereocenters. The normalized spacial score (nSPS) is 13.4. The third-order valence-corrected chi connectivity index (χ3v) is 7.94. The van der Waals surface area contributed by atoms with Gasteiger partial charge in [0.1, 0.15) is 7.05 Å². The third kappa shape index (κ3) is 3.41. The SMILES string of the molecule is Cc1cc2c3cc(CC(C)(C)C)ccc3n3c4ccc(CC(C)(C)C)c5cc[n+](C)c(c(c1C)c23)c54. The molecule has 0 unspecified atom stereocenters. The monoisotopic (exact) mass is 475 g/mol. The highest BCUT2D eigenvalue weighted by Crippen LogP contribution is 2.43. The number of rotatable bonds is 2. The summed E-state index contributed by atoms with van der Waals surface area (Å²) in [5.41, 5.74) is 11.5. The van der Waals surface area contributed by atoms with Crippen LogP contribution >= 0.6 is 0 Å². The summed E-state index contributed by atoms with van der Waals surface area (Å²) >= 11 is 0. The van der Waals surface area contributed by atoms with E-state index >= 15 is 0 Å². The lowest BCUT2D eigenvalue weighted by molar-refractivity contribution is -0.643. The van der Waals surface area contributed by atoms with Crippen molar-refractivity contribution in [3.8, 4) is 0 Å². The first kappa shape index (κ1) is 23.3. The molecule has 0 bridgehead atoms. The molecule has 2 nitrogen and oxygen atoms in total. The molecule has 0 aliphatic rings. The predicted molar refractivity (Wildman–Crippen MR) is 156 cm³/mol. The molecule has 0 radical (unpaired) electrons. The maximum atomic E-state index is 2.56. The lowest BCUT2D eigenvalue weighted by Crippen LogP contribution is -2.29. The minimum atomic E-state index is 0.234. The van der Waals surface area contributed by atoms with Gasteiger partial charge in [-0.05, 0) is 89.4 Å². The average molecular weight is 476 g/mol. The van der Waals surface area contributed by atoms with Gasteiger partial charge in [0.25, 0.3) is 0 Å². The van der Waals surface area contributed by atoms with Crippen LogP contribution in [-0.2, 0) is 19.9 Å². The quantitative estimate of drug-likeness (QED) is 0.135. The highest BCUT2D eigenvalue weighted by molar-refractivity contribution is 6.26. The number of nitrogens with zero attached hydrogens (tertiary/aromatic N) is 2. The molecule has 6 aromatic rings. The van der Waals surface area contributed by atoms with Gasteiger partial charge < -0.3 is 4.40 Å². The Hall–Kier alpha value is -3.13. The summed E-state index contributed by atoms with van der Waals surface area (Å²) in [5.74, 6) is 0. The van der Waals surface area contributed by atoms with E-state index in [9.17, 15) is 0 Å². The Morgan fingerprint density at radius 3 is 2.11 bits per heavy atom. The van der Waals surface area contributed by atoms with Crippen LogP contribution < -0.4 is 4.57 Å². The molecular formula is C34H39N2+. The molecule has 3 aromatic carbocycles. The molecule has 0 saturated heterocycles. The highest BCUT2D eigenvalue weighted by atomic mass is 15.0. The zero-order valence-corrected chi connectivity index (χ0v) is 23.4. The largest absolute Gasteiger partial charge is 0.307 e. The summed E-state index contributed by atoms with van der Waals surface area (Å²) in [4.78, 5) is 0. The zero-order valence-electron chi connectivity index (χ0n) is 23.4. The third-order valence-electron chi connectivity index (χ3n) is 7.94. The summed E-state index contributed by atoms with van der Waals surface area (Å²) < 4.78 is 4.91. The van der Waals surface area contributed by atoms with Crippen molar-refractivity contribution in [2.45, 2.75) is 68.2 Å². The molecule has 2 heteroatoms. The van der Waals surface area contributed by atoms with E-state index in [1.54, 1.807) is 0 Å². The van der Waals surface area contributed by atoms with Crippen molar-refractivity contribution in [1.82, 2.24) is 4.40 Å². The Balaban J connectivity index is 1.86. The van der Waals surface area contributed by atoms with E-state index in [-0.39, 0.29) is 10.8 Å². The van der Waals surface area contributed by atoms with Crippen LogP contribution in [0.2, 0.25) is 0 Å². The van der Waals surface area contributed by atoms with E-state index in [0.29, 0.717) is 0 Å². The molecule has 36 heavy (non-hydrogen) atoms. The van der Waals surface area contributed by atoms with Gasteiger partial charge in [-0.15, -0.1) is 0 Å². The molecule has 0 aliphatic heterocycles. The molecule has 0 amide bonds. The van der Waals surface area contributed by atoms with Gasteiger partial charge in [-0.25, -0.2) is 4.57 Å². The van der Waals surface area contributed by atoms with Crippen molar-refractivity contribution in [3.63, 3.8) is 0 Å². The Bertz CT molecular complexity index is 1820. The molecular weight excluding hydrogens is 436 g/mol. The van der Waals surface area contributed by atoms with Crippen molar-refractivity contribution in [2.75, 3.05) is 0 Å². The minimum Gasteiger partial charge on any atom is -0.307 e. The Morgan fingerprint density at radius 1 is 0.722 bits per heavy atom. The van der Waals surface area contributed by atoms with Crippen LogP contribution in [-0.4, -0.2) is 4.40 Å². The summed E-state index contributed by atoms with van der Waals surface area (Å²) in [6, 6.07) is 16.7. The molecule has 6 rings (SSSR count). The van der Waals surface area contributed by atoms with Crippen molar-refractivity contribution in [3.05, 3.63) is 70.9 Å². The fraction of sp³-hybridized carbons (Fsp3) is 0.382. The van der Waals surface area contributed by atoms with Crippen LogP contribution in [0.1, 0.15) is 63.8 Å². The Morgan fingerprint density at radius 2 is 1.42 bits per heavy atom. The zero-order chi connectivity index (χ0) is 25.7. The number of hydrogen-bond acceptors (Lipinski definition) is 0. The first-order valence-electron chi connectivity index (χ1n) is 13.4. The summed E-state index contributed by atoms with van der Waals surface area (Å²) in [7, 11) is 2.21. The van der Waals surface area contributed by atoms with E-state index in [0.717, 1.165) is 12.8 Å². The van der Waals surface area contributed by atoms with Gasteiger partial charge in [0.15, 0.2) is 6.20 Å². The van der Waals surface area contributed by atoms with Crippen molar-refractivity contribution >= 4 is 49.0 Å². The van der Waals surface area contributed by atoms with Gasteiger partial charge in [-0.2, -0.15) is 0 Å². The van der Waals surface area contributed by atoms with E-state index in [1.807, 2.05) is 0 Å². The number of hydrogen-bond donors (Lipinski definition) is 0. The van der Waals surface area contributed by atoms with Crippen LogP contribution in [0.5, 0.6) is 0 Å². The van der Waals surface area contributed by atoms with E-state index in [4.69, 9.17) is 0 Å². The highest BCUT2D eigenvalue weighted by Gasteiger charge is 2.26. The van der Waals surface area contributed by atoms with Gasteiger partial charge in [-0.1, -0.05) is 53.7 Å². The van der Waals surface area contributed by atoms with Gasteiger partial charge in [0.2, 0.25) is 5.52 Å². The maximum Gasteiger partial charge on any atom is 0.224 e. The number of benzene rings is 3. The van der Waals surface area contributed by atoms with Gasteiger partial charge >= 0.3 is 0 Å². The molecule has 0 aliphatic carbocycles. The van der Waals surface area contributed by atoms with Crippen molar-refractivity contribution < 1.29 is 4.57 Å². The second-order valence-corrected chi connectivity index (χ2v) is 13.6. The molecule has 0 fully saturated rings. The van der Waals surface area contributed by atoms with E-state index in [1.165, 1.54) is 71.3 Å². The summed E-state index contributed by atoms with van der Waals surface area (Å²) in [5, 5.41) is 6.92.